The molecule has 5 heteroatoms. The summed E-state index contributed by atoms with van der Waals surface area (Å²) in [6, 6.07) is 9.65. The van der Waals surface area contributed by atoms with Gasteiger partial charge in [0, 0.05) is 13.6 Å². The Morgan fingerprint density at radius 3 is 2.56 bits per heavy atom. The predicted octanol–water partition coefficient (Wildman–Crippen LogP) is 1.35. The van der Waals surface area contributed by atoms with Gasteiger partial charge in [0.1, 0.15) is 6.54 Å². The average Bonchev–Trinajstić information content (AvgIpc) is 2.34. The van der Waals surface area contributed by atoms with Crippen LogP contribution in [0.2, 0.25) is 0 Å². The number of hydrogen-bond acceptors (Lipinski definition) is 2. The molecule has 0 aliphatic rings. The SMILES string of the molecule is CN(CC(=O)O)C(=O)NCCCc1ccccc1. The molecular formula is C13H18N2O3. The summed E-state index contributed by atoms with van der Waals surface area (Å²) in [5.41, 5.74) is 1.23. The number of rotatable bonds is 6. The Balaban J connectivity index is 2.18. The van der Waals surface area contributed by atoms with Crippen molar-refractivity contribution in [3.05, 3.63) is 35.9 Å². The maximum absolute atomic E-state index is 11.4. The number of amides is 2. The molecule has 0 aliphatic carbocycles. The number of carboxylic acid groups (broad SMARTS) is 1. The van der Waals surface area contributed by atoms with Crippen molar-refractivity contribution < 1.29 is 14.7 Å². The van der Waals surface area contributed by atoms with Crippen LogP contribution in [0.15, 0.2) is 30.3 Å². The van der Waals surface area contributed by atoms with E-state index in [4.69, 9.17) is 5.11 Å². The summed E-state index contributed by atoms with van der Waals surface area (Å²) in [6.45, 7) is 0.252. The zero-order chi connectivity index (χ0) is 13.4. The Hall–Kier alpha value is -2.04. The lowest BCUT2D eigenvalue weighted by atomic mass is 10.1. The van der Waals surface area contributed by atoms with E-state index in [2.05, 4.69) is 5.32 Å². The quantitative estimate of drug-likeness (QED) is 0.749. The summed E-state index contributed by atoms with van der Waals surface area (Å²) in [4.78, 5) is 23.0. The van der Waals surface area contributed by atoms with E-state index in [1.165, 1.54) is 12.6 Å². The zero-order valence-electron chi connectivity index (χ0n) is 10.4. The van der Waals surface area contributed by atoms with Crippen molar-refractivity contribution in [2.45, 2.75) is 12.8 Å². The number of aryl methyl sites for hydroxylation is 1. The van der Waals surface area contributed by atoms with Crippen molar-refractivity contribution in [2.24, 2.45) is 0 Å². The highest BCUT2D eigenvalue weighted by molar-refractivity contribution is 5.79. The second-order valence-electron chi connectivity index (χ2n) is 4.07. The van der Waals surface area contributed by atoms with Gasteiger partial charge in [-0.15, -0.1) is 0 Å². The smallest absolute Gasteiger partial charge is 0.323 e. The fraction of sp³-hybridized carbons (Fsp3) is 0.385. The molecule has 98 valence electrons. The van der Waals surface area contributed by atoms with Crippen LogP contribution in [0.25, 0.3) is 0 Å². The minimum absolute atomic E-state index is 0.287. The fourth-order valence-corrected chi connectivity index (χ4v) is 1.54. The van der Waals surface area contributed by atoms with Gasteiger partial charge in [0.2, 0.25) is 0 Å². The van der Waals surface area contributed by atoms with Gasteiger partial charge in [-0.25, -0.2) is 4.79 Å². The maximum Gasteiger partial charge on any atom is 0.323 e. The highest BCUT2D eigenvalue weighted by Crippen LogP contribution is 2.01. The molecule has 0 bridgehead atoms. The first kappa shape index (κ1) is 14.0. The second kappa shape index (κ2) is 7.32. The van der Waals surface area contributed by atoms with Crippen LogP contribution >= 0.6 is 0 Å². The molecule has 0 spiro atoms. The molecule has 0 atom stereocenters. The Labute approximate surface area is 106 Å². The van der Waals surface area contributed by atoms with Gasteiger partial charge >= 0.3 is 12.0 Å². The van der Waals surface area contributed by atoms with E-state index in [1.54, 1.807) is 0 Å². The van der Waals surface area contributed by atoms with Gasteiger partial charge < -0.3 is 15.3 Å². The molecule has 0 heterocycles. The molecule has 0 saturated heterocycles. The van der Waals surface area contributed by atoms with Crippen LogP contribution in [0.1, 0.15) is 12.0 Å². The monoisotopic (exact) mass is 250 g/mol. The maximum atomic E-state index is 11.4. The van der Waals surface area contributed by atoms with E-state index in [9.17, 15) is 9.59 Å². The third kappa shape index (κ3) is 5.34. The van der Waals surface area contributed by atoms with Crippen molar-refractivity contribution >= 4 is 12.0 Å². The Morgan fingerprint density at radius 2 is 1.94 bits per heavy atom. The second-order valence-corrected chi connectivity index (χ2v) is 4.07. The van der Waals surface area contributed by atoms with Crippen LogP contribution < -0.4 is 5.32 Å². The highest BCUT2D eigenvalue weighted by atomic mass is 16.4. The normalized spacial score (nSPS) is 9.83. The Morgan fingerprint density at radius 1 is 1.28 bits per heavy atom. The summed E-state index contributed by atoms with van der Waals surface area (Å²) < 4.78 is 0. The van der Waals surface area contributed by atoms with Crippen LogP contribution in [0.5, 0.6) is 0 Å². The number of nitrogens with zero attached hydrogens (tertiary/aromatic N) is 1. The van der Waals surface area contributed by atoms with E-state index in [-0.39, 0.29) is 12.6 Å². The van der Waals surface area contributed by atoms with E-state index in [1.807, 2.05) is 30.3 Å². The van der Waals surface area contributed by atoms with Crippen molar-refractivity contribution in [1.82, 2.24) is 10.2 Å². The van der Waals surface area contributed by atoms with Gasteiger partial charge in [0.05, 0.1) is 0 Å². The minimum atomic E-state index is -1.02. The molecular weight excluding hydrogens is 232 g/mol. The standard InChI is InChI=1S/C13H18N2O3/c1-15(10-12(16)17)13(18)14-9-5-8-11-6-3-2-4-7-11/h2-4,6-7H,5,8-10H2,1H3,(H,14,18)(H,16,17). The number of urea groups is 1. The summed E-state index contributed by atoms with van der Waals surface area (Å²) in [5, 5.41) is 11.2. The van der Waals surface area contributed by atoms with Gasteiger partial charge in [-0.3, -0.25) is 4.79 Å². The molecule has 5 nitrogen and oxygen atoms in total. The predicted molar refractivity (Wildman–Crippen MR) is 68.4 cm³/mol. The number of carbonyl (C=O) groups excluding carboxylic acids is 1. The third-order valence-electron chi connectivity index (χ3n) is 2.48. The number of aliphatic carboxylic acids is 1. The lowest BCUT2D eigenvalue weighted by Gasteiger charge is -2.15. The molecule has 1 rings (SSSR count). The van der Waals surface area contributed by atoms with Crippen molar-refractivity contribution in [1.29, 1.82) is 0 Å². The van der Waals surface area contributed by atoms with E-state index >= 15 is 0 Å². The van der Waals surface area contributed by atoms with Crippen molar-refractivity contribution in [3.63, 3.8) is 0 Å². The molecule has 0 aromatic heterocycles. The summed E-state index contributed by atoms with van der Waals surface area (Å²) in [6.07, 6.45) is 1.72. The molecule has 18 heavy (non-hydrogen) atoms. The number of benzene rings is 1. The fourth-order valence-electron chi connectivity index (χ4n) is 1.54. The van der Waals surface area contributed by atoms with Crippen LogP contribution in [0.3, 0.4) is 0 Å². The largest absolute Gasteiger partial charge is 0.480 e. The average molecular weight is 250 g/mol. The lowest BCUT2D eigenvalue weighted by Crippen LogP contribution is -2.40. The summed E-state index contributed by atoms with van der Waals surface area (Å²) in [7, 11) is 1.46. The molecule has 2 amide bonds. The first-order valence-corrected chi connectivity index (χ1v) is 5.84. The summed E-state index contributed by atoms with van der Waals surface area (Å²) >= 11 is 0. The molecule has 0 fully saturated rings. The van der Waals surface area contributed by atoms with Crippen molar-refractivity contribution in [2.75, 3.05) is 20.1 Å². The topological polar surface area (TPSA) is 69.6 Å². The van der Waals surface area contributed by atoms with Crippen molar-refractivity contribution in [3.8, 4) is 0 Å². The van der Waals surface area contributed by atoms with Gasteiger partial charge in [0.25, 0.3) is 0 Å². The number of nitrogens with one attached hydrogen (secondary N) is 1. The van der Waals surface area contributed by atoms with Gasteiger partial charge in [0.15, 0.2) is 0 Å². The zero-order valence-corrected chi connectivity index (χ0v) is 10.4. The Bertz CT molecular complexity index is 392. The van der Waals surface area contributed by atoms with Crippen LogP contribution in [-0.2, 0) is 11.2 Å². The molecule has 2 N–H and O–H groups in total. The van der Waals surface area contributed by atoms with Gasteiger partial charge in [-0.2, -0.15) is 0 Å². The van der Waals surface area contributed by atoms with Gasteiger partial charge in [-0.05, 0) is 18.4 Å². The Kier molecular flexibility index (Phi) is 5.70. The van der Waals surface area contributed by atoms with E-state index in [0.29, 0.717) is 6.54 Å². The molecule has 0 unspecified atom stereocenters. The number of carbonyl (C=O) groups is 2. The van der Waals surface area contributed by atoms with E-state index < -0.39 is 5.97 Å². The minimum Gasteiger partial charge on any atom is -0.480 e. The number of carboxylic acids is 1. The van der Waals surface area contributed by atoms with Crippen LogP contribution in [0, 0.1) is 0 Å². The first-order chi connectivity index (χ1) is 8.59. The van der Waals surface area contributed by atoms with Crippen LogP contribution in [0.4, 0.5) is 4.79 Å². The molecule has 0 saturated carbocycles. The first-order valence-electron chi connectivity index (χ1n) is 5.84. The van der Waals surface area contributed by atoms with E-state index in [0.717, 1.165) is 17.7 Å². The third-order valence-corrected chi connectivity index (χ3v) is 2.48. The number of hydrogen-bond donors (Lipinski definition) is 2. The highest BCUT2D eigenvalue weighted by Gasteiger charge is 2.10. The van der Waals surface area contributed by atoms with Gasteiger partial charge in [-0.1, -0.05) is 30.3 Å². The molecule has 1 aromatic rings. The number of likely N-dealkylation sites (N-methyl/N-ethyl adjacent to an activating group) is 1. The van der Waals surface area contributed by atoms with Crippen LogP contribution in [-0.4, -0.2) is 42.1 Å². The summed E-state index contributed by atoms with van der Waals surface area (Å²) in [5.74, 6) is -1.02. The lowest BCUT2D eigenvalue weighted by molar-refractivity contribution is -0.137. The molecule has 0 aliphatic heterocycles. The molecule has 0 radical (unpaired) electrons. The molecule has 1 aromatic carbocycles.